The van der Waals surface area contributed by atoms with Crippen LogP contribution in [0.4, 0.5) is 0 Å². The molecular weight excluding hydrogens is 308 g/mol. The summed E-state index contributed by atoms with van der Waals surface area (Å²) >= 11 is 0. The van der Waals surface area contributed by atoms with Gasteiger partial charge >= 0.3 is 0 Å². The van der Waals surface area contributed by atoms with E-state index in [2.05, 4.69) is 5.10 Å². The molecule has 1 atom stereocenters. The molecule has 0 aliphatic carbocycles. The lowest BCUT2D eigenvalue weighted by Gasteiger charge is -2.21. The Kier molecular flexibility index (Phi) is 3.98. The molecule has 0 radical (unpaired) electrons. The second-order valence-corrected chi connectivity index (χ2v) is 7.92. The van der Waals surface area contributed by atoms with Crippen LogP contribution in [0, 0.1) is 13.8 Å². The average molecular weight is 328 g/mol. The van der Waals surface area contributed by atoms with E-state index in [-0.39, 0.29) is 6.04 Å². The Balaban J connectivity index is 2.01. The highest BCUT2D eigenvalue weighted by molar-refractivity contribution is 7.88. The van der Waals surface area contributed by atoms with Crippen molar-refractivity contribution in [1.29, 1.82) is 0 Å². The minimum atomic E-state index is -3.42. The molecule has 1 heterocycles. The molecule has 1 aliphatic rings. The summed E-state index contributed by atoms with van der Waals surface area (Å²) in [6.45, 7) is 4.03. The summed E-state index contributed by atoms with van der Waals surface area (Å²) in [4.78, 5) is 0. The molecule has 5 heteroatoms. The van der Waals surface area contributed by atoms with E-state index in [0.29, 0.717) is 6.42 Å². The fraction of sp³-hybridized carbons (Fsp3) is 0.278. The third-order valence-corrected chi connectivity index (χ3v) is 5.04. The Morgan fingerprint density at radius 1 is 1.04 bits per heavy atom. The number of benzene rings is 2. The largest absolute Gasteiger partial charge is 0.247 e. The first kappa shape index (κ1) is 15.7. The monoisotopic (exact) mass is 328 g/mol. The van der Waals surface area contributed by atoms with Crippen LogP contribution in [0.2, 0.25) is 0 Å². The first-order chi connectivity index (χ1) is 10.8. The molecule has 0 bridgehead atoms. The van der Waals surface area contributed by atoms with E-state index in [0.717, 1.165) is 22.4 Å². The summed E-state index contributed by atoms with van der Waals surface area (Å²) in [7, 11) is -3.42. The van der Waals surface area contributed by atoms with Crippen LogP contribution in [0.3, 0.4) is 0 Å². The van der Waals surface area contributed by atoms with Gasteiger partial charge in [-0.3, -0.25) is 0 Å². The van der Waals surface area contributed by atoms with Crippen molar-refractivity contribution in [2.24, 2.45) is 5.10 Å². The Morgan fingerprint density at radius 2 is 1.74 bits per heavy atom. The zero-order valence-corrected chi connectivity index (χ0v) is 14.3. The van der Waals surface area contributed by atoms with E-state index in [1.54, 1.807) is 0 Å². The number of rotatable bonds is 3. The first-order valence-electron chi connectivity index (χ1n) is 7.55. The van der Waals surface area contributed by atoms with Gasteiger partial charge in [0.2, 0.25) is 10.0 Å². The van der Waals surface area contributed by atoms with Crippen LogP contribution in [0.5, 0.6) is 0 Å². The lowest BCUT2D eigenvalue weighted by atomic mass is 9.98. The predicted molar refractivity (Wildman–Crippen MR) is 92.9 cm³/mol. The van der Waals surface area contributed by atoms with Crippen molar-refractivity contribution in [2.75, 3.05) is 6.26 Å². The standard InChI is InChI=1S/C18H20N2O2S/c1-13-7-9-15(10-8-13)17-12-18(20(19-17)23(3,21)22)16-6-4-5-14(2)11-16/h4-11,18H,12H2,1-3H3/t18-/m0/s1. The van der Waals surface area contributed by atoms with Gasteiger partial charge in [-0.15, -0.1) is 0 Å². The van der Waals surface area contributed by atoms with Gasteiger partial charge in [-0.1, -0.05) is 59.7 Å². The van der Waals surface area contributed by atoms with Gasteiger partial charge in [-0.25, -0.2) is 8.42 Å². The maximum Gasteiger partial charge on any atom is 0.247 e. The van der Waals surface area contributed by atoms with Crippen LogP contribution in [-0.2, 0) is 10.0 Å². The fourth-order valence-corrected chi connectivity index (χ4v) is 3.75. The van der Waals surface area contributed by atoms with Gasteiger partial charge in [0.1, 0.15) is 0 Å². The number of nitrogens with zero attached hydrogens (tertiary/aromatic N) is 2. The lowest BCUT2D eigenvalue weighted by Crippen LogP contribution is -2.25. The van der Waals surface area contributed by atoms with Crippen molar-refractivity contribution in [2.45, 2.75) is 26.3 Å². The number of aryl methyl sites for hydroxylation is 2. The molecule has 0 aromatic heterocycles. The highest BCUT2D eigenvalue weighted by Gasteiger charge is 2.34. The lowest BCUT2D eigenvalue weighted by molar-refractivity contribution is 0.374. The third-order valence-electron chi connectivity index (χ3n) is 4.02. The molecule has 2 aromatic rings. The molecule has 120 valence electrons. The highest BCUT2D eigenvalue weighted by atomic mass is 32.2. The van der Waals surface area contributed by atoms with Crippen molar-refractivity contribution in [3.63, 3.8) is 0 Å². The Hall–Kier alpha value is -2.14. The molecule has 0 unspecified atom stereocenters. The van der Waals surface area contributed by atoms with E-state index in [4.69, 9.17) is 0 Å². The van der Waals surface area contributed by atoms with E-state index in [1.165, 1.54) is 16.2 Å². The molecule has 2 aromatic carbocycles. The summed E-state index contributed by atoms with van der Waals surface area (Å²) in [6.07, 6.45) is 1.79. The maximum absolute atomic E-state index is 12.2. The van der Waals surface area contributed by atoms with Crippen LogP contribution in [0.1, 0.15) is 34.7 Å². The SMILES string of the molecule is Cc1ccc(C2=NN(S(C)(=O)=O)[C@H](c3cccc(C)c3)C2)cc1. The van der Waals surface area contributed by atoms with E-state index >= 15 is 0 Å². The zero-order valence-electron chi connectivity index (χ0n) is 13.5. The number of sulfonamides is 1. The van der Waals surface area contributed by atoms with Gasteiger partial charge < -0.3 is 0 Å². The van der Waals surface area contributed by atoms with E-state index in [9.17, 15) is 8.42 Å². The number of hydrogen-bond acceptors (Lipinski definition) is 3. The Morgan fingerprint density at radius 3 is 2.35 bits per heavy atom. The first-order valence-corrected chi connectivity index (χ1v) is 9.40. The van der Waals surface area contributed by atoms with E-state index in [1.807, 2.05) is 62.4 Å². The Labute approximate surface area is 137 Å². The van der Waals surface area contributed by atoms with Crippen molar-refractivity contribution in [3.05, 3.63) is 70.8 Å². The smallest absolute Gasteiger partial charge is 0.205 e. The van der Waals surface area contributed by atoms with Crippen molar-refractivity contribution in [1.82, 2.24) is 4.41 Å². The molecule has 0 fully saturated rings. The van der Waals surface area contributed by atoms with Gasteiger partial charge in [0.15, 0.2) is 0 Å². The minimum absolute atomic E-state index is 0.277. The third kappa shape index (κ3) is 3.29. The van der Waals surface area contributed by atoms with Gasteiger partial charge in [-0.2, -0.15) is 9.52 Å². The summed E-state index contributed by atoms with van der Waals surface area (Å²) in [6, 6.07) is 15.7. The Bertz CT molecular complexity index is 855. The van der Waals surface area contributed by atoms with Crippen molar-refractivity contribution < 1.29 is 8.42 Å². The zero-order chi connectivity index (χ0) is 16.6. The van der Waals surface area contributed by atoms with Crippen LogP contribution < -0.4 is 0 Å². The molecular formula is C18H20N2O2S. The topological polar surface area (TPSA) is 49.7 Å². The molecule has 23 heavy (non-hydrogen) atoms. The maximum atomic E-state index is 12.2. The normalized spacial score (nSPS) is 18.1. The molecule has 3 rings (SSSR count). The van der Waals surface area contributed by atoms with Crippen molar-refractivity contribution >= 4 is 15.7 Å². The summed E-state index contributed by atoms with van der Waals surface area (Å²) in [5.41, 5.74) is 5.03. The second kappa shape index (κ2) is 5.81. The van der Waals surface area contributed by atoms with Crippen LogP contribution in [-0.4, -0.2) is 24.8 Å². The summed E-state index contributed by atoms with van der Waals surface area (Å²) in [5.74, 6) is 0. The van der Waals surface area contributed by atoms with E-state index < -0.39 is 10.0 Å². The van der Waals surface area contributed by atoms with Gasteiger partial charge in [0, 0.05) is 6.42 Å². The highest BCUT2D eigenvalue weighted by Crippen LogP contribution is 2.34. The molecule has 1 aliphatic heterocycles. The van der Waals surface area contributed by atoms with Gasteiger partial charge in [-0.05, 0) is 25.0 Å². The molecule has 0 saturated heterocycles. The molecule has 4 nitrogen and oxygen atoms in total. The molecule has 0 N–H and O–H groups in total. The van der Waals surface area contributed by atoms with Gasteiger partial charge in [0.05, 0.1) is 18.0 Å². The minimum Gasteiger partial charge on any atom is -0.205 e. The number of hydrogen-bond donors (Lipinski definition) is 0. The van der Waals surface area contributed by atoms with Crippen molar-refractivity contribution in [3.8, 4) is 0 Å². The number of hydrazone groups is 1. The van der Waals surface area contributed by atoms with Crippen LogP contribution >= 0.6 is 0 Å². The molecule has 0 amide bonds. The van der Waals surface area contributed by atoms with Crippen LogP contribution in [0.15, 0.2) is 53.6 Å². The summed E-state index contributed by atoms with van der Waals surface area (Å²) in [5, 5.41) is 4.41. The average Bonchev–Trinajstić information content (AvgIpc) is 2.93. The quantitative estimate of drug-likeness (QED) is 0.867. The van der Waals surface area contributed by atoms with Crippen LogP contribution in [0.25, 0.3) is 0 Å². The fourth-order valence-electron chi connectivity index (χ4n) is 2.84. The molecule has 0 spiro atoms. The predicted octanol–water partition coefficient (Wildman–Crippen LogP) is 3.41. The summed E-state index contributed by atoms with van der Waals surface area (Å²) < 4.78 is 25.6. The molecule has 0 saturated carbocycles. The van der Waals surface area contributed by atoms with Gasteiger partial charge in [0.25, 0.3) is 0 Å². The second-order valence-electron chi connectivity index (χ2n) is 6.08.